The van der Waals surface area contributed by atoms with E-state index in [9.17, 15) is 57.3 Å². The van der Waals surface area contributed by atoms with Gasteiger partial charge in [0.25, 0.3) is 11.6 Å². The van der Waals surface area contributed by atoms with E-state index in [1.54, 1.807) is 0 Å². The number of amides is 1. The second-order valence-corrected chi connectivity index (χ2v) is 12.7. The topological polar surface area (TPSA) is 238 Å². The van der Waals surface area contributed by atoms with Gasteiger partial charge in [-0.2, -0.15) is 0 Å². The molecule has 0 spiro atoms. The number of para-hydroxylation sites is 1. The van der Waals surface area contributed by atoms with E-state index in [0.717, 1.165) is 36.4 Å². The van der Waals surface area contributed by atoms with Gasteiger partial charge < -0.3 is 40.0 Å². The highest BCUT2D eigenvalue weighted by Crippen LogP contribution is 2.35. The van der Waals surface area contributed by atoms with Crippen molar-refractivity contribution in [1.29, 1.82) is 0 Å². The Labute approximate surface area is 275 Å². The fourth-order valence-corrected chi connectivity index (χ4v) is 6.42. The number of nitrogens with one attached hydrogen (secondary N) is 2. The van der Waals surface area contributed by atoms with E-state index < -0.39 is 110 Å². The van der Waals surface area contributed by atoms with Crippen molar-refractivity contribution in [2.75, 3.05) is 6.54 Å². The number of carboxylic acid groups (broad SMARTS) is 1. The van der Waals surface area contributed by atoms with Crippen LogP contribution in [0.15, 0.2) is 71.6 Å². The Balaban J connectivity index is 1.66. The first-order chi connectivity index (χ1) is 22.6. The number of halogens is 3. The van der Waals surface area contributed by atoms with Crippen molar-refractivity contribution >= 4 is 39.2 Å². The number of nitro benzene ring substituents is 1. The van der Waals surface area contributed by atoms with E-state index in [1.165, 1.54) is 30.3 Å². The highest BCUT2D eigenvalue weighted by Gasteiger charge is 2.53. The van der Waals surface area contributed by atoms with Crippen LogP contribution in [-0.2, 0) is 30.9 Å². The molecule has 1 aliphatic heterocycles. The van der Waals surface area contributed by atoms with Gasteiger partial charge in [0, 0.05) is 35.2 Å². The average molecular weight is 715 g/mol. The van der Waals surface area contributed by atoms with Crippen molar-refractivity contribution in [2.45, 2.75) is 54.2 Å². The maximum atomic E-state index is 14.3. The smallest absolute Gasteiger partial charge is 0.289 e. The number of hydrogen-bond acceptors (Lipinski definition) is 12. The van der Waals surface area contributed by atoms with Crippen LogP contribution in [0.5, 0.6) is 0 Å². The Morgan fingerprint density at radius 1 is 1.10 bits per heavy atom. The summed E-state index contributed by atoms with van der Waals surface area (Å²) in [5, 5.41) is 59.6. The first-order valence-corrected chi connectivity index (χ1v) is 15.7. The van der Waals surface area contributed by atoms with E-state index in [2.05, 4.69) is 5.32 Å². The molecule has 3 aromatic rings. The molecule has 0 saturated carbocycles. The second kappa shape index (κ2) is 15.0. The number of sulfonamides is 1. The van der Waals surface area contributed by atoms with Crippen LogP contribution >= 0.6 is 11.6 Å². The molecule has 0 radical (unpaired) electrons. The van der Waals surface area contributed by atoms with E-state index in [4.69, 9.17) is 21.1 Å². The standard InChI is InChI=1S/C29H28ClF2N3O12S/c30-17-10-8-15(9-11-17)27(39)33-13-21(37)25(38)26-24(34-48(44,45)22-7-2-1-6-19(22)35(42)43)20(36)12-29(47-26,28(40)41)46-14-16-4-3-5-18(31)23(16)32/h1-11,20-21,24-26,34,36-38H,12-14H2,(H,33,39)(H,40,41)/p-1/t20-,21-,24+,25+,26+,29-/m1/s1. The zero-order valence-corrected chi connectivity index (χ0v) is 25.9. The number of hydrogen-bond donors (Lipinski definition) is 5. The second-order valence-electron chi connectivity index (χ2n) is 10.5. The first-order valence-electron chi connectivity index (χ1n) is 13.9. The fourth-order valence-electron chi connectivity index (χ4n) is 4.85. The van der Waals surface area contributed by atoms with Crippen LogP contribution in [0.4, 0.5) is 14.5 Å². The monoisotopic (exact) mass is 714 g/mol. The summed E-state index contributed by atoms with van der Waals surface area (Å²) >= 11 is 5.81. The van der Waals surface area contributed by atoms with Gasteiger partial charge >= 0.3 is 0 Å². The predicted molar refractivity (Wildman–Crippen MR) is 157 cm³/mol. The number of rotatable bonds is 13. The van der Waals surface area contributed by atoms with Gasteiger partial charge in [-0.3, -0.25) is 14.9 Å². The number of aliphatic hydroxyl groups excluding tert-OH is 3. The number of carbonyl (C=O) groups excluding carboxylic acids is 2. The lowest BCUT2D eigenvalue weighted by Gasteiger charge is -2.48. The van der Waals surface area contributed by atoms with Crippen LogP contribution in [0.3, 0.4) is 0 Å². The third-order valence-corrected chi connectivity index (χ3v) is 9.09. The molecule has 3 aromatic carbocycles. The van der Waals surface area contributed by atoms with E-state index in [1.807, 2.05) is 4.72 Å². The molecule has 15 nitrogen and oxygen atoms in total. The van der Waals surface area contributed by atoms with Crippen LogP contribution in [0, 0.1) is 21.7 Å². The average Bonchev–Trinajstić information content (AvgIpc) is 3.05. The summed E-state index contributed by atoms with van der Waals surface area (Å²) in [4.78, 5) is 34.6. The quantitative estimate of drug-likeness (QED) is 0.117. The summed E-state index contributed by atoms with van der Waals surface area (Å²) in [6.45, 7) is -1.73. The van der Waals surface area contributed by atoms with Crippen LogP contribution in [-0.4, -0.2) is 83.3 Å². The molecule has 1 saturated heterocycles. The molecular formula is C29H27ClF2N3O12S-. The number of benzene rings is 3. The van der Waals surface area contributed by atoms with Crippen molar-refractivity contribution in [3.63, 3.8) is 0 Å². The highest BCUT2D eigenvalue weighted by molar-refractivity contribution is 7.89. The Hall–Kier alpha value is -4.14. The summed E-state index contributed by atoms with van der Waals surface area (Å²) in [6, 6.07) is 10.5. The van der Waals surface area contributed by atoms with Crippen molar-refractivity contribution in [3.05, 3.63) is 105 Å². The minimum atomic E-state index is -4.95. The summed E-state index contributed by atoms with van der Waals surface area (Å²) in [6.07, 6.45) is -9.90. The molecule has 0 aliphatic carbocycles. The molecule has 0 unspecified atom stereocenters. The largest absolute Gasteiger partial charge is 0.544 e. The molecule has 5 N–H and O–H groups in total. The van der Waals surface area contributed by atoms with E-state index in [-0.39, 0.29) is 5.56 Å². The number of aliphatic carboxylic acids is 1. The Kier molecular flexibility index (Phi) is 11.4. The molecule has 1 aliphatic rings. The van der Waals surface area contributed by atoms with Gasteiger partial charge in [0.1, 0.15) is 18.2 Å². The molecule has 48 heavy (non-hydrogen) atoms. The zero-order valence-electron chi connectivity index (χ0n) is 24.4. The summed E-state index contributed by atoms with van der Waals surface area (Å²) < 4.78 is 67.5. The van der Waals surface area contributed by atoms with E-state index in [0.29, 0.717) is 5.02 Å². The van der Waals surface area contributed by atoms with Gasteiger partial charge in [-0.15, -0.1) is 0 Å². The van der Waals surface area contributed by atoms with Crippen LogP contribution in [0.2, 0.25) is 5.02 Å². The van der Waals surface area contributed by atoms with Crippen molar-refractivity contribution in [3.8, 4) is 0 Å². The van der Waals surface area contributed by atoms with Crippen LogP contribution < -0.4 is 15.1 Å². The maximum Gasteiger partial charge on any atom is 0.289 e. The minimum Gasteiger partial charge on any atom is -0.544 e. The summed E-state index contributed by atoms with van der Waals surface area (Å²) in [5.74, 6) is -8.70. The number of ether oxygens (including phenoxy) is 2. The number of nitro groups is 1. The molecule has 1 amide bonds. The number of carboxylic acids is 1. The van der Waals surface area contributed by atoms with Crippen LogP contribution in [0.25, 0.3) is 0 Å². The minimum absolute atomic E-state index is 0.0921. The molecule has 6 atom stereocenters. The molecule has 4 rings (SSSR count). The molecule has 1 heterocycles. The van der Waals surface area contributed by atoms with Gasteiger partial charge in [0.2, 0.25) is 15.8 Å². The van der Waals surface area contributed by atoms with Gasteiger partial charge in [-0.05, 0) is 36.4 Å². The van der Waals surface area contributed by atoms with Crippen LogP contribution in [0.1, 0.15) is 22.3 Å². The number of aliphatic hydroxyl groups is 3. The van der Waals surface area contributed by atoms with E-state index >= 15 is 0 Å². The summed E-state index contributed by atoms with van der Waals surface area (Å²) in [7, 11) is -4.95. The Morgan fingerprint density at radius 2 is 1.77 bits per heavy atom. The SMILES string of the molecule is O=C(NC[C@@H](O)[C@H](O)[C@H]1O[C@@](OCc2cccc(F)c2F)(C(=O)[O-])C[C@@H](O)[C@@H]1NS(=O)(=O)c1ccccc1[N+](=O)[O-])c1ccc(Cl)cc1. The lowest BCUT2D eigenvalue weighted by Crippen LogP contribution is -2.69. The first kappa shape index (κ1) is 36.7. The van der Waals surface area contributed by atoms with Gasteiger partial charge in [0.05, 0.1) is 29.8 Å². The third-order valence-electron chi connectivity index (χ3n) is 7.33. The van der Waals surface area contributed by atoms with Gasteiger partial charge in [-0.25, -0.2) is 21.9 Å². The molecular weight excluding hydrogens is 688 g/mol. The fraction of sp³-hybridized carbons (Fsp3) is 0.310. The lowest BCUT2D eigenvalue weighted by atomic mass is 9.89. The van der Waals surface area contributed by atoms with Crippen molar-refractivity contribution < 1.29 is 61.6 Å². The van der Waals surface area contributed by atoms with Crippen molar-refractivity contribution in [1.82, 2.24) is 10.0 Å². The van der Waals surface area contributed by atoms with Gasteiger partial charge in [-0.1, -0.05) is 35.9 Å². The maximum absolute atomic E-state index is 14.3. The predicted octanol–water partition coefficient (Wildman–Crippen LogP) is 0.138. The Morgan fingerprint density at radius 3 is 2.42 bits per heavy atom. The molecule has 1 fully saturated rings. The molecule has 0 bridgehead atoms. The Bertz CT molecular complexity index is 1790. The number of nitrogens with zero attached hydrogens (tertiary/aromatic N) is 1. The third kappa shape index (κ3) is 8.10. The lowest BCUT2D eigenvalue weighted by molar-refractivity contribution is -0.387. The molecule has 19 heteroatoms. The van der Waals surface area contributed by atoms with Gasteiger partial charge in [0.15, 0.2) is 16.5 Å². The van der Waals surface area contributed by atoms with Crippen molar-refractivity contribution in [2.24, 2.45) is 0 Å². The zero-order chi connectivity index (χ0) is 35.4. The normalized spacial score (nSPS) is 22.4. The molecule has 0 aromatic heterocycles. The number of carbonyl (C=O) groups is 2. The molecule has 258 valence electrons. The highest BCUT2D eigenvalue weighted by atomic mass is 35.5. The summed E-state index contributed by atoms with van der Waals surface area (Å²) in [5.41, 5.74) is -1.27.